The minimum absolute atomic E-state index is 0.643. The van der Waals surface area contributed by atoms with Gasteiger partial charge in [-0.3, -0.25) is 0 Å². The van der Waals surface area contributed by atoms with Crippen LogP contribution in [0.25, 0.3) is 0 Å². The highest BCUT2D eigenvalue weighted by Gasteiger charge is 1.92. The van der Waals surface area contributed by atoms with Crippen LogP contribution in [0.15, 0.2) is 22.8 Å². The molecule has 0 bridgehead atoms. The van der Waals surface area contributed by atoms with Gasteiger partial charge in [0.25, 0.3) is 0 Å². The maximum atomic E-state index is 8.10. The molecule has 0 amide bonds. The van der Waals surface area contributed by atoms with Gasteiger partial charge in [-0.05, 0) is 12.1 Å². The van der Waals surface area contributed by atoms with Crippen LogP contribution in [-0.4, -0.2) is 6.54 Å². The second kappa shape index (κ2) is 3.57. The number of hydrogen-bond donors (Lipinski definition) is 1. The van der Waals surface area contributed by atoms with Gasteiger partial charge in [-0.1, -0.05) is 0 Å². The Balaban J connectivity index is 2.23. The first-order valence-corrected chi connectivity index (χ1v) is 3.08. The lowest BCUT2D eigenvalue weighted by Crippen LogP contribution is -2.09. The summed E-state index contributed by atoms with van der Waals surface area (Å²) in [5.74, 6) is 0.905. The van der Waals surface area contributed by atoms with Crippen LogP contribution in [0.5, 0.6) is 0 Å². The van der Waals surface area contributed by atoms with E-state index in [0.29, 0.717) is 6.54 Å². The highest BCUT2D eigenvalue weighted by Crippen LogP contribution is 1.98. The molecule has 0 aliphatic heterocycles. The third kappa shape index (κ3) is 1.82. The molecule has 0 aliphatic carbocycles. The maximum absolute atomic E-state index is 8.10. The molecule has 3 heteroatoms. The Hall–Kier alpha value is -1.43. The number of furan rings is 1. The molecular weight excluding hydrogens is 128 g/mol. The zero-order chi connectivity index (χ0) is 7.23. The third-order valence-electron chi connectivity index (χ3n) is 1.16. The average Bonchev–Trinajstić information content (AvgIpc) is 2.41. The van der Waals surface area contributed by atoms with Gasteiger partial charge >= 0.3 is 0 Å². The molecule has 0 aliphatic rings. The smallest absolute Gasteiger partial charge is 0.176 e. The van der Waals surface area contributed by atoms with E-state index in [1.165, 1.54) is 0 Å². The molecule has 0 radical (unpaired) electrons. The predicted octanol–water partition coefficient (Wildman–Crippen LogP) is 0.893. The largest absolute Gasteiger partial charge is 0.469 e. The van der Waals surface area contributed by atoms with Crippen molar-refractivity contribution < 1.29 is 4.42 Å². The molecule has 1 heterocycles. The lowest BCUT2D eigenvalue weighted by Gasteiger charge is -1.91. The molecule has 0 saturated carbocycles. The third-order valence-corrected chi connectivity index (χ3v) is 1.16. The van der Waals surface area contributed by atoms with Crippen molar-refractivity contribution in [1.82, 2.24) is 5.32 Å². The molecule has 0 unspecified atom stereocenters. The summed E-state index contributed by atoms with van der Waals surface area (Å²) in [5.41, 5.74) is 0. The van der Waals surface area contributed by atoms with E-state index in [2.05, 4.69) is 5.32 Å². The zero-order valence-corrected chi connectivity index (χ0v) is 5.50. The standard InChI is InChI=1S/C7H8N2O/c8-6-9-4-3-7-2-1-5-10-7/h1-2,5,9H,3-4H2. The van der Waals surface area contributed by atoms with Gasteiger partial charge < -0.3 is 9.73 Å². The van der Waals surface area contributed by atoms with Gasteiger partial charge in [-0.2, -0.15) is 5.26 Å². The molecule has 1 aromatic heterocycles. The highest BCUT2D eigenvalue weighted by molar-refractivity contribution is 4.98. The summed E-state index contributed by atoms with van der Waals surface area (Å²) in [6.07, 6.45) is 4.23. The van der Waals surface area contributed by atoms with Crippen molar-refractivity contribution in [2.24, 2.45) is 0 Å². The van der Waals surface area contributed by atoms with Gasteiger partial charge in [-0.15, -0.1) is 0 Å². The molecular formula is C7H8N2O. The fourth-order valence-corrected chi connectivity index (χ4v) is 0.696. The van der Waals surface area contributed by atoms with Crippen molar-refractivity contribution in [3.63, 3.8) is 0 Å². The van der Waals surface area contributed by atoms with E-state index in [-0.39, 0.29) is 0 Å². The predicted molar refractivity (Wildman–Crippen MR) is 36.0 cm³/mol. The Bertz CT molecular complexity index is 210. The van der Waals surface area contributed by atoms with Crippen LogP contribution >= 0.6 is 0 Å². The number of rotatable bonds is 3. The van der Waals surface area contributed by atoms with Crippen LogP contribution in [0.3, 0.4) is 0 Å². The fraction of sp³-hybridized carbons (Fsp3) is 0.286. The average molecular weight is 136 g/mol. The Morgan fingerprint density at radius 3 is 3.20 bits per heavy atom. The van der Waals surface area contributed by atoms with Gasteiger partial charge in [0, 0.05) is 13.0 Å². The lowest BCUT2D eigenvalue weighted by atomic mass is 10.3. The first kappa shape index (κ1) is 6.69. The molecule has 0 fully saturated rings. The van der Waals surface area contributed by atoms with Crippen LogP contribution in [-0.2, 0) is 6.42 Å². The highest BCUT2D eigenvalue weighted by atomic mass is 16.3. The molecule has 0 aromatic carbocycles. The van der Waals surface area contributed by atoms with E-state index in [1.807, 2.05) is 18.3 Å². The molecule has 0 spiro atoms. The minimum Gasteiger partial charge on any atom is -0.469 e. The number of hydrogen-bond acceptors (Lipinski definition) is 3. The van der Waals surface area contributed by atoms with E-state index >= 15 is 0 Å². The van der Waals surface area contributed by atoms with Crippen molar-refractivity contribution in [2.75, 3.05) is 6.54 Å². The SMILES string of the molecule is N#CNCCc1ccco1. The van der Waals surface area contributed by atoms with E-state index in [9.17, 15) is 0 Å². The first-order chi connectivity index (χ1) is 4.93. The molecule has 1 aromatic rings. The van der Waals surface area contributed by atoms with E-state index in [0.717, 1.165) is 12.2 Å². The monoisotopic (exact) mass is 136 g/mol. The topological polar surface area (TPSA) is 49.0 Å². The summed E-state index contributed by atoms with van der Waals surface area (Å²) < 4.78 is 5.03. The minimum atomic E-state index is 0.643. The van der Waals surface area contributed by atoms with Gasteiger partial charge in [0.2, 0.25) is 0 Å². The number of nitrogens with zero attached hydrogens (tertiary/aromatic N) is 1. The zero-order valence-electron chi connectivity index (χ0n) is 5.50. The molecule has 3 nitrogen and oxygen atoms in total. The molecule has 10 heavy (non-hydrogen) atoms. The summed E-state index contributed by atoms with van der Waals surface area (Å²) in [5, 5.41) is 10.6. The molecule has 52 valence electrons. The van der Waals surface area contributed by atoms with E-state index < -0.39 is 0 Å². The molecule has 0 saturated heterocycles. The second-order valence-electron chi connectivity index (χ2n) is 1.87. The lowest BCUT2D eigenvalue weighted by molar-refractivity contribution is 0.506. The van der Waals surface area contributed by atoms with Crippen LogP contribution in [0.2, 0.25) is 0 Å². The van der Waals surface area contributed by atoms with Crippen LogP contribution in [0, 0.1) is 11.5 Å². The van der Waals surface area contributed by atoms with E-state index in [1.54, 1.807) is 6.26 Å². The molecule has 0 atom stereocenters. The van der Waals surface area contributed by atoms with Crippen molar-refractivity contribution in [3.8, 4) is 6.19 Å². The van der Waals surface area contributed by atoms with Crippen LogP contribution in [0.1, 0.15) is 5.76 Å². The van der Waals surface area contributed by atoms with Gasteiger partial charge in [0.1, 0.15) is 5.76 Å². The Morgan fingerprint density at radius 2 is 2.60 bits per heavy atom. The van der Waals surface area contributed by atoms with Gasteiger partial charge in [0.05, 0.1) is 6.26 Å². The van der Waals surface area contributed by atoms with Crippen LogP contribution in [0.4, 0.5) is 0 Å². The summed E-state index contributed by atoms with van der Waals surface area (Å²) in [7, 11) is 0. The second-order valence-corrected chi connectivity index (χ2v) is 1.87. The van der Waals surface area contributed by atoms with Gasteiger partial charge in [0.15, 0.2) is 6.19 Å². The Kier molecular flexibility index (Phi) is 2.39. The van der Waals surface area contributed by atoms with Crippen LogP contribution < -0.4 is 5.32 Å². The van der Waals surface area contributed by atoms with Crippen molar-refractivity contribution in [3.05, 3.63) is 24.2 Å². The first-order valence-electron chi connectivity index (χ1n) is 3.08. The fourth-order valence-electron chi connectivity index (χ4n) is 0.696. The van der Waals surface area contributed by atoms with Crippen molar-refractivity contribution in [2.45, 2.75) is 6.42 Å². The summed E-state index contributed by atoms with van der Waals surface area (Å²) in [4.78, 5) is 0. The van der Waals surface area contributed by atoms with Crippen molar-refractivity contribution >= 4 is 0 Å². The quantitative estimate of drug-likeness (QED) is 0.381. The summed E-state index contributed by atoms with van der Waals surface area (Å²) in [6.45, 7) is 0.643. The molecule has 1 N–H and O–H groups in total. The number of nitriles is 1. The van der Waals surface area contributed by atoms with E-state index in [4.69, 9.17) is 9.68 Å². The van der Waals surface area contributed by atoms with Gasteiger partial charge in [-0.25, -0.2) is 0 Å². The normalized spacial score (nSPS) is 8.70. The van der Waals surface area contributed by atoms with Crippen molar-refractivity contribution in [1.29, 1.82) is 5.26 Å². The summed E-state index contributed by atoms with van der Waals surface area (Å²) in [6, 6.07) is 3.72. The summed E-state index contributed by atoms with van der Waals surface area (Å²) >= 11 is 0. The maximum Gasteiger partial charge on any atom is 0.176 e. The number of nitrogens with one attached hydrogen (secondary N) is 1. The Labute approximate surface area is 59.3 Å². The Morgan fingerprint density at radius 1 is 1.70 bits per heavy atom. The molecule has 1 rings (SSSR count).